The molecular formula is C28H32F4N2O7. The van der Waals surface area contributed by atoms with E-state index in [1.165, 1.54) is 20.8 Å². The molecule has 0 saturated heterocycles. The number of ketones is 1. The van der Waals surface area contributed by atoms with Crippen molar-refractivity contribution in [3.8, 4) is 5.75 Å². The molecule has 3 atom stereocenters. The normalized spacial score (nSPS) is 13.5. The highest BCUT2D eigenvalue weighted by Gasteiger charge is 2.41. The van der Waals surface area contributed by atoms with E-state index in [0.29, 0.717) is 5.56 Å². The van der Waals surface area contributed by atoms with Gasteiger partial charge in [-0.25, -0.2) is 18.4 Å². The lowest BCUT2D eigenvalue weighted by atomic mass is 10.0. The number of halogens is 4. The molecule has 0 radical (unpaired) electrons. The molecule has 0 aromatic heterocycles. The molecule has 0 unspecified atom stereocenters. The van der Waals surface area contributed by atoms with Gasteiger partial charge in [0, 0.05) is 6.07 Å². The maximum atomic E-state index is 14.4. The second kappa shape index (κ2) is 14.0. The second-order valence-corrected chi connectivity index (χ2v) is 10.4. The van der Waals surface area contributed by atoms with E-state index in [1.54, 1.807) is 44.2 Å². The van der Waals surface area contributed by atoms with E-state index in [0.717, 1.165) is 6.92 Å². The predicted octanol–water partition coefficient (Wildman–Crippen LogP) is 4.36. The smallest absolute Gasteiger partial charge is 0.408 e. The van der Waals surface area contributed by atoms with E-state index in [1.807, 2.05) is 0 Å². The minimum Gasteiger partial charge on any atom is -0.470 e. The summed E-state index contributed by atoms with van der Waals surface area (Å²) in [5.41, 5.74) is -0.533. The van der Waals surface area contributed by atoms with Gasteiger partial charge in [-0.05, 0) is 39.2 Å². The molecule has 224 valence electrons. The monoisotopic (exact) mass is 584 g/mol. The van der Waals surface area contributed by atoms with Crippen molar-refractivity contribution in [2.45, 2.75) is 71.9 Å². The highest BCUT2D eigenvalue weighted by Crippen LogP contribution is 2.29. The van der Waals surface area contributed by atoms with Crippen LogP contribution in [0, 0.1) is 29.2 Å². The van der Waals surface area contributed by atoms with Crippen molar-refractivity contribution in [3.05, 3.63) is 65.2 Å². The number of amides is 2. The van der Waals surface area contributed by atoms with Gasteiger partial charge in [-0.3, -0.25) is 9.59 Å². The van der Waals surface area contributed by atoms with Crippen LogP contribution in [0.1, 0.15) is 47.1 Å². The molecule has 0 aliphatic heterocycles. The highest BCUT2D eigenvalue weighted by molar-refractivity contribution is 5.95. The SMILES string of the molecule is CC(=O)[C@@H](NC(=O)[C@@H](NC(=O)OCc1ccccc1)C(C)C)[C@H](Oc1c(F)c(F)cc(F)c1F)C(=O)OC(C)(C)C. The summed E-state index contributed by atoms with van der Waals surface area (Å²) in [6.45, 7) is 8.26. The number of alkyl carbamates (subject to hydrolysis) is 1. The molecule has 2 aromatic carbocycles. The number of ether oxygens (including phenoxy) is 3. The molecule has 2 N–H and O–H groups in total. The Labute approximate surface area is 234 Å². The summed E-state index contributed by atoms with van der Waals surface area (Å²) in [6.07, 6.45) is -3.26. The summed E-state index contributed by atoms with van der Waals surface area (Å²) < 4.78 is 71.8. The van der Waals surface area contributed by atoms with Crippen LogP contribution >= 0.6 is 0 Å². The summed E-state index contributed by atoms with van der Waals surface area (Å²) in [4.78, 5) is 51.2. The van der Waals surface area contributed by atoms with Crippen LogP contribution in [-0.2, 0) is 30.5 Å². The summed E-state index contributed by atoms with van der Waals surface area (Å²) in [6, 6.07) is 5.32. The molecular weight excluding hydrogens is 552 g/mol. The molecule has 13 heteroatoms. The number of carbonyl (C=O) groups is 4. The van der Waals surface area contributed by atoms with Crippen LogP contribution in [0.3, 0.4) is 0 Å². The van der Waals surface area contributed by atoms with Crippen LogP contribution in [0.4, 0.5) is 22.4 Å². The first-order chi connectivity index (χ1) is 19.0. The van der Waals surface area contributed by atoms with E-state index >= 15 is 0 Å². The number of hydrogen-bond acceptors (Lipinski definition) is 7. The lowest BCUT2D eigenvalue weighted by molar-refractivity contribution is -0.166. The number of benzene rings is 2. The molecule has 0 saturated carbocycles. The van der Waals surface area contributed by atoms with Crippen LogP contribution in [0.2, 0.25) is 0 Å². The number of esters is 1. The maximum absolute atomic E-state index is 14.4. The van der Waals surface area contributed by atoms with Gasteiger partial charge in [-0.15, -0.1) is 0 Å². The first-order valence-electron chi connectivity index (χ1n) is 12.5. The number of hydrogen-bond donors (Lipinski definition) is 2. The predicted molar refractivity (Wildman–Crippen MR) is 138 cm³/mol. The molecule has 0 bridgehead atoms. The van der Waals surface area contributed by atoms with E-state index in [9.17, 15) is 36.7 Å². The van der Waals surface area contributed by atoms with Crippen LogP contribution in [0.25, 0.3) is 0 Å². The third-order valence-electron chi connectivity index (χ3n) is 5.43. The molecule has 2 aromatic rings. The van der Waals surface area contributed by atoms with E-state index in [2.05, 4.69) is 10.6 Å². The Morgan fingerprint density at radius 2 is 1.44 bits per heavy atom. The summed E-state index contributed by atoms with van der Waals surface area (Å²) in [7, 11) is 0. The molecule has 0 spiro atoms. The maximum Gasteiger partial charge on any atom is 0.408 e. The van der Waals surface area contributed by atoms with E-state index in [-0.39, 0.29) is 12.7 Å². The zero-order valence-electron chi connectivity index (χ0n) is 23.4. The molecule has 2 amide bonds. The van der Waals surface area contributed by atoms with Gasteiger partial charge in [0.1, 0.15) is 24.3 Å². The minimum atomic E-state index is -2.29. The van der Waals surface area contributed by atoms with Crippen molar-refractivity contribution >= 4 is 23.8 Å². The Morgan fingerprint density at radius 3 is 1.93 bits per heavy atom. The van der Waals surface area contributed by atoms with Gasteiger partial charge in [0.05, 0.1) is 0 Å². The minimum absolute atomic E-state index is 0.0694. The van der Waals surface area contributed by atoms with Crippen molar-refractivity contribution in [2.75, 3.05) is 0 Å². The molecule has 0 aliphatic rings. The molecule has 2 rings (SSSR count). The van der Waals surface area contributed by atoms with Crippen molar-refractivity contribution < 1.29 is 51.0 Å². The Balaban J connectivity index is 2.35. The standard InChI is InChI=1S/C28H32F4N2O7/c1-14(2)21(34-27(38)39-13-16-10-8-7-9-11-16)25(36)33-22(15(3)35)24(26(37)41-28(4,5)6)40-23-19(31)17(29)12-18(30)20(23)32/h7-12,14,21-22,24H,13H2,1-6H3,(H,33,36)(H,34,38)/t21-,22+,24-/m0/s1. The molecule has 0 aliphatic carbocycles. The van der Waals surface area contributed by atoms with Crippen molar-refractivity contribution in [3.63, 3.8) is 0 Å². The van der Waals surface area contributed by atoms with Crippen LogP contribution in [0.15, 0.2) is 36.4 Å². The fraction of sp³-hybridized carbons (Fsp3) is 0.429. The van der Waals surface area contributed by atoms with Crippen LogP contribution in [-0.4, -0.2) is 47.5 Å². The summed E-state index contributed by atoms with van der Waals surface area (Å²) in [5.74, 6) is -13.2. The molecule has 0 heterocycles. The lowest BCUT2D eigenvalue weighted by Gasteiger charge is -2.30. The van der Waals surface area contributed by atoms with Gasteiger partial charge in [0.15, 0.2) is 23.2 Å². The van der Waals surface area contributed by atoms with E-state index in [4.69, 9.17) is 14.2 Å². The van der Waals surface area contributed by atoms with Gasteiger partial charge in [0.2, 0.25) is 23.6 Å². The fourth-order valence-electron chi connectivity index (χ4n) is 3.45. The highest BCUT2D eigenvalue weighted by atomic mass is 19.2. The van der Waals surface area contributed by atoms with Gasteiger partial charge in [-0.2, -0.15) is 8.78 Å². The first-order valence-corrected chi connectivity index (χ1v) is 12.5. The van der Waals surface area contributed by atoms with Gasteiger partial charge >= 0.3 is 12.1 Å². The largest absolute Gasteiger partial charge is 0.470 e. The summed E-state index contributed by atoms with van der Waals surface area (Å²) >= 11 is 0. The number of nitrogens with one attached hydrogen (secondary N) is 2. The quantitative estimate of drug-likeness (QED) is 0.229. The third kappa shape index (κ3) is 9.47. The van der Waals surface area contributed by atoms with Crippen molar-refractivity contribution in [2.24, 2.45) is 5.92 Å². The topological polar surface area (TPSA) is 120 Å². The van der Waals surface area contributed by atoms with Gasteiger partial charge in [-0.1, -0.05) is 44.2 Å². The van der Waals surface area contributed by atoms with E-state index < -0.39 is 82.5 Å². The summed E-state index contributed by atoms with van der Waals surface area (Å²) in [5, 5.41) is 4.57. The third-order valence-corrected chi connectivity index (χ3v) is 5.43. The molecule has 9 nitrogen and oxygen atoms in total. The zero-order valence-corrected chi connectivity index (χ0v) is 23.4. The zero-order chi connectivity index (χ0) is 31.1. The van der Waals surface area contributed by atoms with Crippen LogP contribution < -0.4 is 15.4 Å². The van der Waals surface area contributed by atoms with Gasteiger partial charge in [0.25, 0.3) is 0 Å². The first kappa shape index (κ1) is 33.0. The number of carbonyl (C=O) groups excluding carboxylic acids is 4. The Hall–Kier alpha value is -4.16. The Bertz CT molecular complexity index is 1240. The van der Waals surface area contributed by atoms with Crippen LogP contribution in [0.5, 0.6) is 5.75 Å². The Morgan fingerprint density at radius 1 is 0.878 bits per heavy atom. The van der Waals surface area contributed by atoms with Gasteiger partial charge < -0.3 is 24.8 Å². The average molecular weight is 585 g/mol. The molecule has 41 heavy (non-hydrogen) atoms. The average Bonchev–Trinajstić information content (AvgIpc) is 2.87. The lowest BCUT2D eigenvalue weighted by Crippen LogP contribution is -2.59. The molecule has 0 fully saturated rings. The fourth-order valence-corrected chi connectivity index (χ4v) is 3.45. The number of rotatable bonds is 11. The second-order valence-electron chi connectivity index (χ2n) is 10.4. The van der Waals surface area contributed by atoms with Crippen molar-refractivity contribution in [1.29, 1.82) is 0 Å². The van der Waals surface area contributed by atoms with Crippen molar-refractivity contribution in [1.82, 2.24) is 10.6 Å². The number of Topliss-reactive ketones (excluding diaryl/α,β-unsaturated/α-hetero) is 1. The Kier molecular flexibility index (Phi) is 11.2.